The summed E-state index contributed by atoms with van der Waals surface area (Å²) in [4.78, 5) is 23.8. The molecular weight excluding hydrogens is 278 g/mol. The summed E-state index contributed by atoms with van der Waals surface area (Å²) in [5, 5.41) is 5.38. The highest BCUT2D eigenvalue weighted by molar-refractivity contribution is 5.95. The number of rotatable bonds is 6. The molecule has 116 valence electrons. The van der Waals surface area contributed by atoms with Gasteiger partial charge in [0.1, 0.15) is 5.69 Å². The molecule has 1 aromatic carbocycles. The van der Waals surface area contributed by atoms with Gasteiger partial charge in [0.25, 0.3) is 5.91 Å². The van der Waals surface area contributed by atoms with E-state index in [1.807, 2.05) is 61.0 Å². The van der Waals surface area contributed by atoms with Crippen LogP contribution in [-0.2, 0) is 11.3 Å². The van der Waals surface area contributed by atoms with Crippen LogP contribution in [0.2, 0.25) is 0 Å². The van der Waals surface area contributed by atoms with Crippen molar-refractivity contribution in [3.05, 3.63) is 59.9 Å². The maximum Gasteiger partial charge on any atom is 0.268 e. The molecule has 2 aromatic rings. The van der Waals surface area contributed by atoms with Gasteiger partial charge in [0.05, 0.1) is 6.54 Å². The van der Waals surface area contributed by atoms with E-state index < -0.39 is 0 Å². The number of nitrogens with one attached hydrogen (secondary N) is 2. The second-order valence-corrected chi connectivity index (χ2v) is 5.41. The summed E-state index contributed by atoms with van der Waals surface area (Å²) in [6.07, 6.45) is 1.86. The molecule has 2 amide bonds. The third-order valence-corrected chi connectivity index (χ3v) is 3.12. The molecule has 0 aliphatic carbocycles. The van der Waals surface area contributed by atoms with Crippen LogP contribution in [0.15, 0.2) is 48.7 Å². The van der Waals surface area contributed by atoms with Crippen molar-refractivity contribution in [1.29, 1.82) is 0 Å². The van der Waals surface area contributed by atoms with Gasteiger partial charge < -0.3 is 15.2 Å². The predicted molar refractivity (Wildman–Crippen MR) is 85.6 cm³/mol. The maximum absolute atomic E-state index is 12.2. The third-order valence-electron chi connectivity index (χ3n) is 3.12. The summed E-state index contributed by atoms with van der Waals surface area (Å²) in [5.41, 5.74) is 1.66. The normalized spacial score (nSPS) is 10.5. The molecule has 0 saturated carbocycles. The summed E-state index contributed by atoms with van der Waals surface area (Å²) in [6, 6.07) is 13.6. The Bertz CT molecular complexity index is 632. The van der Waals surface area contributed by atoms with Crippen LogP contribution in [0.25, 0.3) is 0 Å². The molecule has 5 nitrogen and oxygen atoms in total. The number of amides is 2. The number of benzene rings is 1. The van der Waals surface area contributed by atoms with E-state index in [-0.39, 0.29) is 24.4 Å². The number of carbonyl (C=O) groups excluding carboxylic acids is 2. The Morgan fingerprint density at radius 3 is 2.50 bits per heavy atom. The van der Waals surface area contributed by atoms with E-state index in [0.717, 1.165) is 5.56 Å². The second kappa shape index (κ2) is 7.45. The molecule has 0 saturated heterocycles. The summed E-state index contributed by atoms with van der Waals surface area (Å²) < 4.78 is 1.87. The second-order valence-electron chi connectivity index (χ2n) is 5.41. The minimum absolute atomic E-state index is 0.0203. The molecule has 0 atom stereocenters. The van der Waals surface area contributed by atoms with Gasteiger partial charge in [0.2, 0.25) is 5.91 Å². The molecule has 0 unspecified atom stereocenters. The summed E-state index contributed by atoms with van der Waals surface area (Å²) in [7, 11) is 0. The Hall–Kier alpha value is -2.56. The minimum Gasteiger partial charge on any atom is -0.352 e. The van der Waals surface area contributed by atoms with Crippen molar-refractivity contribution >= 4 is 11.8 Å². The smallest absolute Gasteiger partial charge is 0.268 e. The zero-order valence-corrected chi connectivity index (χ0v) is 12.9. The van der Waals surface area contributed by atoms with Gasteiger partial charge in [0.15, 0.2) is 0 Å². The van der Waals surface area contributed by atoms with Gasteiger partial charge in [-0.25, -0.2) is 0 Å². The van der Waals surface area contributed by atoms with Gasteiger partial charge >= 0.3 is 0 Å². The van der Waals surface area contributed by atoms with E-state index in [0.29, 0.717) is 12.2 Å². The van der Waals surface area contributed by atoms with E-state index in [1.165, 1.54) is 0 Å². The standard InChI is InChI=1S/C17H21N3O2/c1-13(2)19-16(21)11-18-17(22)15-9-6-10-20(15)12-14-7-4-3-5-8-14/h3-10,13H,11-12H2,1-2H3,(H,18,22)(H,19,21). The minimum atomic E-state index is -0.250. The molecule has 2 N–H and O–H groups in total. The van der Waals surface area contributed by atoms with Crippen LogP contribution >= 0.6 is 0 Å². The molecule has 0 spiro atoms. The molecule has 5 heteroatoms. The Morgan fingerprint density at radius 1 is 1.09 bits per heavy atom. The number of hydrogen-bond acceptors (Lipinski definition) is 2. The Morgan fingerprint density at radius 2 is 1.82 bits per heavy atom. The fraction of sp³-hybridized carbons (Fsp3) is 0.294. The SMILES string of the molecule is CC(C)NC(=O)CNC(=O)c1cccn1Cc1ccccc1. The van der Waals surface area contributed by atoms with Crippen molar-refractivity contribution in [3.8, 4) is 0 Å². The largest absolute Gasteiger partial charge is 0.352 e. The average molecular weight is 299 g/mol. The highest BCUT2D eigenvalue weighted by atomic mass is 16.2. The molecular formula is C17H21N3O2. The summed E-state index contributed by atoms with van der Waals surface area (Å²) >= 11 is 0. The summed E-state index contributed by atoms with van der Waals surface area (Å²) in [6.45, 7) is 4.36. The molecule has 0 aliphatic rings. The summed E-state index contributed by atoms with van der Waals surface area (Å²) in [5.74, 6) is -0.440. The first kappa shape index (κ1) is 15.8. The van der Waals surface area contributed by atoms with E-state index in [2.05, 4.69) is 10.6 Å². The fourth-order valence-corrected chi connectivity index (χ4v) is 2.16. The van der Waals surface area contributed by atoms with E-state index in [4.69, 9.17) is 0 Å². The van der Waals surface area contributed by atoms with Gasteiger partial charge in [-0.05, 0) is 31.5 Å². The number of aromatic nitrogens is 1. The van der Waals surface area contributed by atoms with Gasteiger partial charge in [-0.3, -0.25) is 9.59 Å². The van der Waals surface area contributed by atoms with Crippen LogP contribution in [0.4, 0.5) is 0 Å². The Labute approximate surface area is 130 Å². The van der Waals surface area contributed by atoms with E-state index >= 15 is 0 Å². The molecule has 0 aliphatic heterocycles. The van der Waals surface area contributed by atoms with Crippen LogP contribution in [0.3, 0.4) is 0 Å². The molecule has 1 heterocycles. The lowest BCUT2D eigenvalue weighted by atomic mass is 10.2. The fourth-order valence-electron chi connectivity index (χ4n) is 2.16. The van der Waals surface area contributed by atoms with Gasteiger partial charge in [-0.15, -0.1) is 0 Å². The van der Waals surface area contributed by atoms with Crippen molar-refractivity contribution < 1.29 is 9.59 Å². The Kier molecular flexibility index (Phi) is 5.36. The number of carbonyl (C=O) groups is 2. The number of hydrogen-bond donors (Lipinski definition) is 2. The lowest BCUT2D eigenvalue weighted by Gasteiger charge is -2.11. The zero-order valence-electron chi connectivity index (χ0n) is 12.9. The zero-order chi connectivity index (χ0) is 15.9. The van der Waals surface area contributed by atoms with Gasteiger partial charge in [-0.2, -0.15) is 0 Å². The molecule has 0 fully saturated rings. The van der Waals surface area contributed by atoms with Crippen LogP contribution < -0.4 is 10.6 Å². The third kappa shape index (κ3) is 4.48. The molecule has 2 rings (SSSR count). The van der Waals surface area contributed by atoms with E-state index in [1.54, 1.807) is 6.07 Å². The predicted octanol–water partition coefficient (Wildman–Crippen LogP) is 1.79. The number of nitrogens with zero attached hydrogens (tertiary/aromatic N) is 1. The van der Waals surface area contributed by atoms with Gasteiger partial charge in [-0.1, -0.05) is 30.3 Å². The van der Waals surface area contributed by atoms with Crippen molar-refractivity contribution in [1.82, 2.24) is 15.2 Å². The van der Waals surface area contributed by atoms with Crippen LogP contribution in [-0.4, -0.2) is 29.0 Å². The first-order valence-corrected chi connectivity index (χ1v) is 7.33. The van der Waals surface area contributed by atoms with Crippen molar-refractivity contribution in [2.75, 3.05) is 6.54 Å². The molecule has 0 bridgehead atoms. The Balaban J connectivity index is 1.96. The van der Waals surface area contributed by atoms with Crippen LogP contribution in [0, 0.1) is 0 Å². The van der Waals surface area contributed by atoms with Crippen molar-refractivity contribution in [2.24, 2.45) is 0 Å². The quantitative estimate of drug-likeness (QED) is 0.854. The van der Waals surface area contributed by atoms with E-state index in [9.17, 15) is 9.59 Å². The average Bonchev–Trinajstić information content (AvgIpc) is 2.93. The van der Waals surface area contributed by atoms with Crippen molar-refractivity contribution in [2.45, 2.75) is 26.4 Å². The monoisotopic (exact) mass is 299 g/mol. The lowest BCUT2D eigenvalue weighted by Crippen LogP contribution is -2.40. The molecule has 1 aromatic heterocycles. The van der Waals surface area contributed by atoms with Gasteiger partial charge in [0, 0.05) is 18.8 Å². The van der Waals surface area contributed by atoms with Crippen molar-refractivity contribution in [3.63, 3.8) is 0 Å². The van der Waals surface area contributed by atoms with Crippen LogP contribution in [0.5, 0.6) is 0 Å². The first-order valence-electron chi connectivity index (χ1n) is 7.33. The maximum atomic E-state index is 12.2. The lowest BCUT2D eigenvalue weighted by molar-refractivity contribution is -0.120. The molecule has 22 heavy (non-hydrogen) atoms. The van der Waals surface area contributed by atoms with Crippen LogP contribution in [0.1, 0.15) is 29.9 Å². The highest BCUT2D eigenvalue weighted by Gasteiger charge is 2.12. The topological polar surface area (TPSA) is 63.1 Å². The first-order chi connectivity index (χ1) is 10.6. The highest BCUT2D eigenvalue weighted by Crippen LogP contribution is 2.07. The molecule has 0 radical (unpaired) electrons.